The van der Waals surface area contributed by atoms with Crippen LogP contribution in [0, 0.1) is 30.2 Å². The number of hydrogen-bond acceptors (Lipinski definition) is 1. The van der Waals surface area contributed by atoms with Crippen molar-refractivity contribution in [2.24, 2.45) is 0 Å². The minimum Gasteiger partial charge on any atom is -0.260 e. The topological polar surface area (TPSA) is 17.1 Å². The van der Waals surface area contributed by atoms with Crippen LogP contribution in [0.4, 0.5) is 17.6 Å². The predicted octanol–water partition coefficient (Wildman–Crippen LogP) is 2.43. The Morgan fingerprint density at radius 3 is 1.73 bits per heavy atom. The molecule has 0 saturated heterocycles. The fraction of sp³-hybridized carbons (Fsp3) is 0.333. The van der Waals surface area contributed by atoms with Crippen molar-refractivity contribution < 1.29 is 21.8 Å². The highest BCUT2D eigenvalue weighted by Gasteiger charge is 2.23. The van der Waals surface area contributed by atoms with Crippen LogP contribution in [0.2, 0.25) is 0 Å². The molecule has 0 spiro atoms. The first-order valence-corrected chi connectivity index (χ1v) is 5.70. The lowest BCUT2D eigenvalue weighted by Gasteiger charge is -2.08. The Morgan fingerprint density at radius 2 is 1.40 bits per heavy atom. The Hall–Kier alpha value is -0.910. The molecule has 1 aromatic carbocycles. The van der Waals surface area contributed by atoms with E-state index in [1.807, 2.05) is 0 Å². The highest BCUT2D eigenvalue weighted by atomic mass is 32.2. The summed E-state index contributed by atoms with van der Waals surface area (Å²) in [5.41, 5.74) is -1.52. The van der Waals surface area contributed by atoms with E-state index in [4.69, 9.17) is 0 Å². The first kappa shape index (κ1) is 12.2. The van der Waals surface area contributed by atoms with E-state index in [1.165, 1.54) is 6.26 Å². The zero-order chi connectivity index (χ0) is 11.7. The third-order valence-electron chi connectivity index (χ3n) is 1.92. The Labute approximate surface area is 86.6 Å². The van der Waals surface area contributed by atoms with Gasteiger partial charge in [0.25, 0.3) is 0 Å². The van der Waals surface area contributed by atoms with Gasteiger partial charge in [-0.15, -0.1) is 0 Å². The minimum absolute atomic E-state index is 0.550. The van der Waals surface area contributed by atoms with Crippen LogP contribution in [0.1, 0.15) is 11.1 Å². The molecule has 0 bridgehead atoms. The van der Waals surface area contributed by atoms with Crippen molar-refractivity contribution in [1.29, 1.82) is 0 Å². The van der Waals surface area contributed by atoms with Gasteiger partial charge >= 0.3 is 0 Å². The van der Waals surface area contributed by atoms with Gasteiger partial charge in [-0.3, -0.25) is 4.21 Å². The Morgan fingerprint density at radius 1 is 1.00 bits per heavy atom. The number of halogens is 4. The van der Waals surface area contributed by atoms with Crippen molar-refractivity contribution in [3.8, 4) is 0 Å². The van der Waals surface area contributed by atoms with Gasteiger partial charge in [-0.05, 0) is 6.92 Å². The molecule has 0 aliphatic heterocycles. The molecular formula is C9H8F4OS. The average Bonchev–Trinajstić information content (AvgIpc) is 2.18. The van der Waals surface area contributed by atoms with Crippen LogP contribution in [-0.2, 0) is 16.6 Å². The van der Waals surface area contributed by atoms with Crippen LogP contribution >= 0.6 is 0 Å². The quantitative estimate of drug-likeness (QED) is 0.573. The summed E-state index contributed by atoms with van der Waals surface area (Å²) in [5.74, 6) is -6.36. The van der Waals surface area contributed by atoms with E-state index in [2.05, 4.69) is 0 Å². The molecule has 6 heteroatoms. The van der Waals surface area contributed by atoms with Crippen molar-refractivity contribution >= 4 is 10.8 Å². The molecule has 1 unspecified atom stereocenters. The molecule has 84 valence electrons. The van der Waals surface area contributed by atoms with Crippen LogP contribution < -0.4 is 0 Å². The van der Waals surface area contributed by atoms with Gasteiger partial charge in [0, 0.05) is 28.2 Å². The van der Waals surface area contributed by atoms with Crippen molar-refractivity contribution in [1.82, 2.24) is 0 Å². The third kappa shape index (κ3) is 2.19. The van der Waals surface area contributed by atoms with Crippen LogP contribution in [0.3, 0.4) is 0 Å². The monoisotopic (exact) mass is 240 g/mol. The van der Waals surface area contributed by atoms with Crippen LogP contribution in [-0.4, -0.2) is 10.5 Å². The summed E-state index contributed by atoms with van der Waals surface area (Å²) in [6, 6.07) is 0. The highest BCUT2D eigenvalue weighted by Crippen LogP contribution is 2.24. The summed E-state index contributed by atoms with van der Waals surface area (Å²) >= 11 is 0. The molecule has 0 heterocycles. The van der Waals surface area contributed by atoms with Crippen LogP contribution in [0.25, 0.3) is 0 Å². The average molecular weight is 240 g/mol. The standard InChI is InChI=1S/C9H8F4OS/c1-4-6(10)8(12)5(3-15(2)14)9(13)7(4)11/h3H2,1-2H3. The van der Waals surface area contributed by atoms with E-state index in [-0.39, 0.29) is 0 Å². The summed E-state index contributed by atoms with van der Waals surface area (Å²) in [6.07, 6.45) is 1.19. The molecule has 0 aliphatic carbocycles. The molecule has 0 amide bonds. The first-order valence-electron chi connectivity index (χ1n) is 3.97. The predicted molar refractivity (Wildman–Crippen MR) is 48.8 cm³/mol. The van der Waals surface area contributed by atoms with Crippen LogP contribution in [0.5, 0.6) is 0 Å². The summed E-state index contributed by atoms with van der Waals surface area (Å²) in [5, 5.41) is 0. The first-order chi connectivity index (χ1) is 6.86. The summed E-state index contributed by atoms with van der Waals surface area (Å²) < 4.78 is 63.1. The highest BCUT2D eigenvalue weighted by molar-refractivity contribution is 7.83. The molecule has 1 atom stereocenters. The molecule has 0 aliphatic rings. The van der Waals surface area contributed by atoms with Gasteiger partial charge in [0.05, 0.1) is 5.75 Å². The van der Waals surface area contributed by atoms with Crippen LogP contribution in [0.15, 0.2) is 0 Å². The van der Waals surface area contributed by atoms with Crippen molar-refractivity contribution in [3.63, 3.8) is 0 Å². The van der Waals surface area contributed by atoms with E-state index in [9.17, 15) is 21.8 Å². The van der Waals surface area contributed by atoms with Crippen molar-refractivity contribution in [2.75, 3.05) is 6.26 Å². The van der Waals surface area contributed by atoms with E-state index >= 15 is 0 Å². The molecule has 0 N–H and O–H groups in total. The maximum atomic E-state index is 13.1. The normalized spacial score (nSPS) is 12.9. The van der Waals surface area contributed by atoms with E-state index in [1.54, 1.807) is 0 Å². The second kappa shape index (κ2) is 4.30. The number of benzene rings is 1. The SMILES string of the molecule is Cc1c(F)c(F)c(CS(C)=O)c(F)c1F. The Bertz CT molecular complexity index is 402. The Kier molecular flexibility index (Phi) is 3.49. The van der Waals surface area contributed by atoms with Crippen molar-refractivity contribution in [3.05, 3.63) is 34.4 Å². The summed E-state index contributed by atoms with van der Waals surface area (Å²) in [6.45, 7) is 0.934. The van der Waals surface area contributed by atoms with Gasteiger partial charge in [-0.1, -0.05) is 0 Å². The van der Waals surface area contributed by atoms with Crippen molar-refractivity contribution in [2.45, 2.75) is 12.7 Å². The second-order valence-corrected chi connectivity index (χ2v) is 4.51. The van der Waals surface area contributed by atoms with E-state index in [0.29, 0.717) is 0 Å². The molecule has 1 rings (SSSR count). The largest absolute Gasteiger partial charge is 0.260 e. The lowest BCUT2D eigenvalue weighted by atomic mass is 10.1. The zero-order valence-corrected chi connectivity index (χ0v) is 8.85. The maximum absolute atomic E-state index is 13.1. The molecule has 0 radical (unpaired) electrons. The molecule has 0 fully saturated rings. The molecule has 15 heavy (non-hydrogen) atoms. The number of hydrogen-bond donors (Lipinski definition) is 0. The van der Waals surface area contributed by atoms with Gasteiger partial charge in [0.1, 0.15) is 0 Å². The smallest absolute Gasteiger partial charge is 0.166 e. The fourth-order valence-corrected chi connectivity index (χ4v) is 1.78. The molecular weight excluding hydrogens is 232 g/mol. The molecule has 0 saturated carbocycles. The molecule has 0 aromatic heterocycles. The fourth-order valence-electron chi connectivity index (χ4n) is 1.12. The summed E-state index contributed by atoms with van der Waals surface area (Å²) in [4.78, 5) is 0. The van der Waals surface area contributed by atoms with E-state index < -0.39 is 50.9 Å². The Balaban J connectivity index is 3.45. The zero-order valence-electron chi connectivity index (χ0n) is 8.04. The van der Waals surface area contributed by atoms with Gasteiger partial charge in [-0.25, -0.2) is 17.6 Å². The van der Waals surface area contributed by atoms with Gasteiger partial charge in [0.15, 0.2) is 23.3 Å². The minimum atomic E-state index is -1.57. The lowest BCUT2D eigenvalue weighted by molar-refractivity contribution is 0.435. The third-order valence-corrected chi connectivity index (χ3v) is 2.62. The van der Waals surface area contributed by atoms with E-state index in [0.717, 1.165) is 6.92 Å². The second-order valence-electron chi connectivity index (χ2n) is 3.08. The lowest BCUT2D eigenvalue weighted by Crippen LogP contribution is -2.08. The van der Waals surface area contributed by atoms with Gasteiger partial charge in [0.2, 0.25) is 0 Å². The summed E-state index contributed by atoms with van der Waals surface area (Å²) in [7, 11) is -1.57. The van der Waals surface area contributed by atoms with Gasteiger partial charge < -0.3 is 0 Å². The van der Waals surface area contributed by atoms with Gasteiger partial charge in [-0.2, -0.15) is 0 Å². The maximum Gasteiger partial charge on any atom is 0.166 e. The number of rotatable bonds is 2. The molecule has 1 nitrogen and oxygen atoms in total. The molecule has 1 aromatic rings.